The van der Waals surface area contributed by atoms with Crippen molar-refractivity contribution >= 4 is 5.91 Å². The average Bonchev–Trinajstić information content (AvgIpc) is 2.86. The molecule has 2 rings (SSSR count). The average molecular weight is 302 g/mol. The number of carbonyl (C=O) groups is 1. The summed E-state index contributed by atoms with van der Waals surface area (Å²) in [5, 5.41) is 6.76. The highest BCUT2D eigenvalue weighted by Gasteiger charge is 2.21. The van der Waals surface area contributed by atoms with Crippen molar-refractivity contribution < 1.29 is 14.1 Å². The van der Waals surface area contributed by atoms with Crippen molar-refractivity contribution in [3.05, 3.63) is 46.8 Å². The van der Waals surface area contributed by atoms with E-state index < -0.39 is 0 Å². The second-order valence-corrected chi connectivity index (χ2v) is 5.45. The number of carbonyl (C=O) groups excluding carboxylic acids is 1. The molecule has 0 fully saturated rings. The lowest BCUT2D eigenvalue weighted by atomic mass is 10.1. The third-order valence-corrected chi connectivity index (χ3v) is 3.56. The normalized spacial score (nSPS) is 12.0. The highest BCUT2D eigenvalue weighted by Crippen LogP contribution is 2.19. The molecule has 1 heterocycles. The molecule has 0 saturated carbocycles. The van der Waals surface area contributed by atoms with Gasteiger partial charge in [0.1, 0.15) is 18.1 Å². The van der Waals surface area contributed by atoms with Gasteiger partial charge in [0.25, 0.3) is 5.91 Å². The van der Waals surface area contributed by atoms with Crippen LogP contribution in [0.5, 0.6) is 5.75 Å². The molecule has 1 amide bonds. The number of nitrogens with one attached hydrogen (secondary N) is 1. The van der Waals surface area contributed by atoms with Crippen molar-refractivity contribution in [3.8, 4) is 5.75 Å². The molecule has 22 heavy (non-hydrogen) atoms. The summed E-state index contributed by atoms with van der Waals surface area (Å²) in [4.78, 5) is 12.2. The zero-order valence-electron chi connectivity index (χ0n) is 13.5. The summed E-state index contributed by atoms with van der Waals surface area (Å²) in [6.45, 7) is 8.00. The fourth-order valence-electron chi connectivity index (χ4n) is 1.99. The molecule has 5 nitrogen and oxygen atoms in total. The Kier molecular flexibility index (Phi) is 5.20. The van der Waals surface area contributed by atoms with Gasteiger partial charge in [-0.15, -0.1) is 0 Å². The summed E-state index contributed by atoms with van der Waals surface area (Å²) < 4.78 is 10.9. The van der Waals surface area contributed by atoms with E-state index in [1.807, 2.05) is 45.0 Å². The second-order valence-electron chi connectivity index (χ2n) is 5.45. The molecular weight excluding hydrogens is 280 g/mol. The van der Waals surface area contributed by atoms with E-state index >= 15 is 0 Å². The summed E-state index contributed by atoms with van der Waals surface area (Å²) in [6.07, 6.45) is 0.859. The number of aryl methyl sites for hydroxylation is 2. The molecule has 0 saturated heterocycles. The van der Waals surface area contributed by atoms with Gasteiger partial charge in [0.05, 0.1) is 5.56 Å². The number of rotatable bonds is 6. The predicted octanol–water partition coefficient (Wildman–Crippen LogP) is 3.40. The number of ether oxygens (including phenoxy) is 1. The Morgan fingerprint density at radius 2 is 2.18 bits per heavy atom. The summed E-state index contributed by atoms with van der Waals surface area (Å²) in [7, 11) is 0. The van der Waals surface area contributed by atoms with E-state index in [0.717, 1.165) is 17.7 Å². The van der Waals surface area contributed by atoms with Gasteiger partial charge in [0.15, 0.2) is 5.69 Å². The molecule has 0 aliphatic carbocycles. The zero-order chi connectivity index (χ0) is 16.1. The lowest BCUT2D eigenvalue weighted by Gasteiger charge is -2.11. The van der Waals surface area contributed by atoms with E-state index in [2.05, 4.69) is 10.5 Å². The van der Waals surface area contributed by atoms with Crippen LogP contribution in [-0.2, 0) is 6.61 Å². The van der Waals surface area contributed by atoms with Gasteiger partial charge in [-0.2, -0.15) is 0 Å². The number of amides is 1. The molecule has 0 aliphatic heterocycles. The SMILES string of the molecule is CCC(C)NC(=O)c1noc(C)c1COc1cccc(C)c1. The van der Waals surface area contributed by atoms with Crippen LogP contribution in [0.2, 0.25) is 0 Å². The van der Waals surface area contributed by atoms with Gasteiger partial charge >= 0.3 is 0 Å². The zero-order valence-corrected chi connectivity index (χ0v) is 13.5. The topological polar surface area (TPSA) is 64.4 Å². The van der Waals surface area contributed by atoms with Crippen LogP contribution in [0.3, 0.4) is 0 Å². The van der Waals surface area contributed by atoms with Gasteiger partial charge in [-0.3, -0.25) is 4.79 Å². The van der Waals surface area contributed by atoms with Crippen molar-refractivity contribution in [2.45, 2.75) is 46.8 Å². The minimum Gasteiger partial charge on any atom is -0.489 e. The van der Waals surface area contributed by atoms with Crippen LogP contribution < -0.4 is 10.1 Å². The van der Waals surface area contributed by atoms with E-state index in [1.165, 1.54) is 0 Å². The Bertz CT molecular complexity index is 649. The molecule has 5 heteroatoms. The number of benzene rings is 1. The highest BCUT2D eigenvalue weighted by molar-refractivity contribution is 5.93. The molecule has 0 radical (unpaired) electrons. The van der Waals surface area contributed by atoms with E-state index in [0.29, 0.717) is 17.0 Å². The lowest BCUT2D eigenvalue weighted by Crippen LogP contribution is -2.32. The summed E-state index contributed by atoms with van der Waals surface area (Å²) in [6, 6.07) is 7.86. The first-order valence-corrected chi connectivity index (χ1v) is 7.46. The van der Waals surface area contributed by atoms with Gasteiger partial charge < -0.3 is 14.6 Å². The highest BCUT2D eigenvalue weighted by atomic mass is 16.5. The molecule has 1 N–H and O–H groups in total. The molecule has 2 aromatic rings. The first-order valence-electron chi connectivity index (χ1n) is 7.46. The molecule has 1 atom stereocenters. The fourth-order valence-corrected chi connectivity index (χ4v) is 1.99. The van der Waals surface area contributed by atoms with Crippen molar-refractivity contribution in [2.75, 3.05) is 0 Å². The van der Waals surface area contributed by atoms with Gasteiger partial charge in [-0.25, -0.2) is 0 Å². The van der Waals surface area contributed by atoms with Crippen LogP contribution >= 0.6 is 0 Å². The Morgan fingerprint density at radius 3 is 2.86 bits per heavy atom. The molecule has 1 unspecified atom stereocenters. The monoisotopic (exact) mass is 302 g/mol. The Morgan fingerprint density at radius 1 is 1.41 bits per heavy atom. The van der Waals surface area contributed by atoms with Gasteiger partial charge in [0.2, 0.25) is 0 Å². The summed E-state index contributed by atoms with van der Waals surface area (Å²) in [5.41, 5.74) is 2.10. The Labute approximate surface area is 130 Å². The summed E-state index contributed by atoms with van der Waals surface area (Å²) >= 11 is 0. The smallest absolute Gasteiger partial charge is 0.274 e. The Hall–Kier alpha value is -2.30. The summed E-state index contributed by atoms with van der Waals surface area (Å²) in [5.74, 6) is 1.13. The minimum atomic E-state index is -0.228. The quantitative estimate of drug-likeness (QED) is 0.888. The van der Waals surface area contributed by atoms with E-state index in [1.54, 1.807) is 6.92 Å². The standard InChI is InChI=1S/C17H22N2O3/c1-5-12(3)18-17(20)16-15(13(4)22-19-16)10-21-14-8-6-7-11(2)9-14/h6-9,12H,5,10H2,1-4H3,(H,18,20). The first kappa shape index (κ1) is 16.1. The van der Waals surface area contributed by atoms with E-state index in [9.17, 15) is 4.79 Å². The number of hydrogen-bond acceptors (Lipinski definition) is 4. The van der Waals surface area contributed by atoms with Crippen LogP contribution in [0.25, 0.3) is 0 Å². The van der Waals surface area contributed by atoms with Crippen LogP contribution in [0.1, 0.15) is 47.6 Å². The third-order valence-electron chi connectivity index (χ3n) is 3.56. The van der Waals surface area contributed by atoms with E-state index in [-0.39, 0.29) is 18.6 Å². The van der Waals surface area contributed by atoms with Gasteiger partial charge in [-0.05, 0) is 44.9 Å². The van der Waals surface area contributed by atoms with Crippen LogP contribution in [0.4, 0.5) is 0 Å². The minimum absolute atomic E-state index is 0.0926. The van der Waals surface area contributed by atoms with E-state index in [4.69, 9.17) is 9.26 Å². The van der Waals surface area contributed by atoms with Crippen LogP contribution in [0, 0.1) is 13.8 Å². The maximum atomic E-state index is 12.2. The number of nitrogens with zero attached hydrogens (tertiary/aromatic N) is 1. The molecule has 118 valence electrons. The van der Waals surface area contributed by atoms with Crippen LogP contribution in [0.15, 0.2) is 28.8 Å². The molecule has 0 aliphatic rings. The van der Waals surface area contributed by atoms with Crippen molar-refractivity contribution in [2.24, 2.45) is 0 Å². The van der Waals surface area contributed by atoms with Crippen molar-refractivity contribution in [3.63, 3.8) is 0 Å². The van der Waals surface area contributed by atoms with Crippen molar-refractivity contribution in [1.82, 2.24) is 10.5 Å². The fraction of sp³-hybridized carbons (Fsp3) is 0.412. The third kappa shape index (κ3) is 3.87. The van der Waals surface area contributed by atoms with Gasteiger partial charge in [0, 0.05) is 6.04 Å². The number of aromatic nitrogens is 1. The Balaban J connectivity index is 2.11. The second kappa shape index (κ2) is 7.11. The largest absolute Gasteiger partial charge is 0.489 e. The molecule has 0 bridgehead atoms. The molecule has 0 spiro atoms. The molecule has 1 aromatic carbocycles. The maximum absolute atomic E-state index is 12.2. The number of hydrogen-bond donors (Lipinski definition) is 1. The first-order chi connectivity index (χ1) is 10.5. The maximum Gasteiger partial charge on any atom is 0.274 e. The van der Waals surface area contributed by atoms with Crippen LogP contribution in [-0.4, -0.2) is 17.1 Å². The predicted molar refractivity (Wildman–Crippen MR) is 84.0 cm³/mol. The lowest BCUT2D eigenvalue weighted by molar-refractivity contribution is 0.0928. The van der Waals surface area contributed by atoms with Gasteiger partial charge in [-0.1, -0.05) is 24.2 Å². The van der Waals surface area contributed by atoms with Crippen molar-refractivity contribution in [1.29, 1.82) is 0 Å². The molecular formula is C17H22N2O3. The molecule has 1 aromatic heterocycles.